The maximum Gasteiger partial charge on any atom is 0.308 e. The molecule has 2 amide bonds. The monoisotopic (exact) mass is 396 g/mol. The van der Waals surface area contributed by atoms with E-state index in [1.54, 1.807) is 11.8 Å². The highest BCUT2D eigenvalue weighted by molar-refractivity contribution is 8.01. The van der Waals surface area contributed by atoms with Crippen LogP contribution in [-0.4, -0.2) is 35.7 Å². The van der Waals surface area contributed by atoms with Crippen LogP contribution in [0.25, 0.3) is 0 Å². The highest BCUT2D eigenvalue weighted by Crippen LogP contribution is 2.36. The maximum atomic E-state index is 12.7. The van der Waals surface area contributed by atoms with Crippen LogP contribution < -0.4 is 10.2 Å². The van der Waals surface area contributed by atoms with E-state index in [4.69, 9.17) is 4.74 Å². The van der Waals surface area contributed by atoms with Gasteiger partial charge in [-0.15, -0.1) is 11.8 Å². The van der Waals surface area contributed by atoms with E-state index in [9.17, 15) is 14.4 Å². The van der Waals surface area contributed by atoms with Crippen molar-refractivity contribution in [2.24, 2.45) is 0 Å². The number of carbonyl (C=O) groups is 3. The minimum absolute atomic E-state index is 0.0843. The number of para-hydroxylation sites is 2. The van der Waals surface area contributed by atoms with Crippen LogP contribution in [0.15, 0.2) is 53.4 Å². The van der Waals surface area contributed by atoms with Crippen molar-refractivity contribution in [1.82, 2.24) is 0 Å². The number of carbonyl (C=O) groups excluding carboxylic acids is 3. The molecule has 0 aromatic heterocycles. The Morgan fingerprint density at radius 3 is 2.82 bits per heavy atom. The molecule has 0 aliphatic carbocycles. The Morgan fingerprint density at radius 2 is 1.96 bits per heavy atom. The molecule has 1 N–H and O–H groups in total. The molecule has 0 radical (unpaired) electrons. The molecule has 2 atom stereocenters. The number of ether oxygens (including phenoxy) is 1. The molecule has 4 rings (SSSR count). The Labute approximate surface area is 167 Å². The maximum absolute atomic E-state index is 12.7. The lowest BCUT2D eigenvalue weighted by atomic mass is 10.2. The number of nitrogens with zero attached hydrogens (tertiary/aromatic N) is 1. The first-order valence-corrected chi connectivity index (χ1v) is 10.1. The van der Waals surface area contributed by atoms with Crippen molar-refractivity contribution < 1.29 is 19.1 Å². The van der Waals surface area contributed by atoms with Gasteiger partial charge in [0.2, 0.25) is 5.91 Å². The summed E-state index contributed by atoms with van der Waals surface area (Å²) >= 11 is 1.34. The molecule has 2 aliphatic rings. The average molecular weight is 396 g/mol. The molecule has 7 heteroatoms. The van der Waals surface area contributed by atoms with Crippen molar-refractivity contribution in [2.75, 3.05) is 16.8 Å². The Morgan fingerprint density at radius 1 is 1.21 bits per heavy atom. The highest BCUT2D eigenvalue weighted by Gasteiger charge is 2.33. The summed E-state index contributed by atoms with van der Waals surface area (Å²) in [5, 5.41) is 2.23. The molecule has 0 saturated heterocycles. The Balaban J connectivity index is 1.36. The number of hydrogen-bond donors (Lipinski definition) is 1. The molecule has 2 aromatic rings. The molecular weight excluding hydrogens is 376 g/mol. The fourth-order valence-electron chi connectivity index (χ4n) is 3.46. The van der Waals surface area contributed by atoms with Gasteiger partial charge >= 0.3 is 5.97 Å². The summed E-state index contributed by atoms with van der Waals surface area (Å²) in [6.45, 7) is 2.16. The standard InChI is InChI=1S/C21H20N2O4S/c1-13(21(26)23-11-10-14-6-2-4-8-16(14)23)27-19(24)12-18-20(25)22-15-7-3-5-9-17(15)28-18/h2-9,13,18H,10-12H2,1H3,(H,22,25)/t13-,18+/m0/s1. The SMILES string of the molecule is C[C@H](OC(=O)C[C@H]1Sc2ccccc2NC1=O)C(=O)N1CCc2ccccc21. The third-order valence-electron chi connectivity index (χ3n) is 4.87. The van der Waals surface area contributed by atoms with Crippen molar-refractivity contribution in [1.29, 1.82) is 0 Å². The van der Waals surface area contributed by atoms with E-state index in [0.29, 0.717) is 6.54 Å². The first kappa shape index (κ1) is 18.6. The number of amides is 2. The van der Waals surface area contributed by atoms with Crippen LogP contribution in [-0.2, 0) is 25.5 Å². The van der Waals surface area contributed by atoms with Gasteiger partial charge in [0.25, 0.3) is 5.91 Å². The second-order valence-electron chi connectivity index (χ2n) is 6.80. The number of hydrogen-bond acceptors (Lipinski definition) is 5. The number of rotatable bonds is 4. The topological polar surface area (TPSA) is 75.7 Å². The van der Waals surface area contributed by atoms with E-state index in [1.165, 1.54) is 11.8 Å². The molecule has 6 nitrogen and oxygen atoms in total. The van der Waals surface area contributed by atoms with Crippen molar-refractivity contribution in [3.63, 3.8) is 0 Å². The second kappa shape index (κ2) is 7.67. The molecule has 2 heterocycles. The first-order valence-electron chi connectivity index (χ1n) is 9.18. The molecule has 2 aromatic carbocycles. The lowest BCUT2D eigenvalue weighted by Crippen LogP contribution is -2.40. The van der Waals surface area contributed by atoms with E-state index in [1.807, 2.05) is 48.5 Å². The van der Waals surface area contributed by atoms with Gasteiger partial charge in [0, 0.05) is 17.1 Å². The minimum atomic E-state index is -0.900. The van der Waals surface area contributed by atoms with Gasteiger partial charge in [-0.3, -0.25) is 14.4 Å². The fraction of sp³-hybridized carbons (Fsp3) is 0.286. The largest absolute Gasteiger partial charge is 0.452 e. The molecule has 0 bridgehead atoms. The van der Waals surface area contributed by atoms with Crippen molar-refractivity contribution in [3.8, 4) is 0 Å². The third-order valence-corrected chi connectivity index (χ3v) is 6.14. The van der Waals surface area contributed by atoms with Crippen LogP contribution >= 0.6 is 11.8 Å². The molecule has 0 saturated carbocycles. The van der Waals surface area contributed by atoms with Crippen LogP contribution in [0.1, 0.15) is 18.9 Å². The van der Waals surface area contributed by atoms with Crippen LogP contribution in [0, 0.1) is 0 Å². The number of anilines is 2. The predicted molar refractivity (Wildman–Crippen MR) is 107 cm³/mol. The van der Waals surface area contributed by atoms with Gasteiger partial charge in [-0.05, 0) is 37.1 Å². The van der Waals surface area contributed by atoms with Crippen molar-refractivity contribution in [3.05, 3.63) is 54.1 Å². The average Bonchev–Trinajstić information content (AvgIpc) is 3.12. The van der Waals surface area contributed by atoms with Gasteiger partial charge in [-0.25, -0.2) is 0 Å². The van der Waals surface area contributed by atoms with E-state index < -0.39 is 17.3 Å². The number of thioether (sulfide) groups is 1. The summed E-state index contributed by atoms with van der Waals surface area (Å²) in [4.78, 5) is 39.9. The van der Waals surface area contributed by atoms with Crippen molar-refractivity contribution in [2.45, 2.75) is 36.0 Å². The quantitative estimate of drug-likeness (QED) is 0.804. The summed E-state index contributed by atoms with van der Waals surface area (Å²) in [5.41, 5.74) is 2.73. The van der Waals surface area contributed by atoms with Gasteiger partial charge in [0.1, 0.15) is 0 Å². The zero-order chi connectivity index (χ0) is 19.7. The lowest BCUT2D eigenvalue weighted by molar-refractivity contribution is -0.154. The van der Waals surface area contributed by atoms with Gasteiger partial charge in [0.15, 0.2) is 6.10 Å². The van der Waals surface area contributed by atoms with Gasteiger partial charge in [0.05, 0.1) is 17.4 Å². The third kappa shape index (κ3) is 3.62. The zero-order valence-electron chi connectivity index (χ0n) is 15.4. The summed E-state index contributed by atoms with van der Waals surface area (Å²) in [6.07, 6.45) is -0.192. The van der Waals surface area contributed by atoms with Gasteiger partial charge in [-0.1, -0.05) is 30.3 Å². The van der Waals surface area contributed by atoms with Crippen LogP contribution in [0.3, 0.4) is 0 Å². The number of benzene rings is 2. The summed E-state index contributed by atoms with van der Waals surface area (Å²) in [6, 6.07) is 15.2. The van der Waals surface area contributed by atoms with E-state index >= 15 is 0 Å². The summed E-state index contributed by atoms with van der Waals surface area (Å²) in [7, 11) is 0. The minimum Gasteiger partial charge on any atom is -0.452 e. The first-order chi connectivity index (χ1) is 13.5. The molecule has 0 fully saturated rings. The Bertz CT molecular complexity index is 946. The highest BCUT2D eigenvalue weighted by atomic mass is 32.2. The van der Waals surface area contributed by atoms with Crippen molar-refractivity contribution >= 4 is 40.9 Å². The molecule has 0 spiro atoms. The van der Waals surface area contributed by atoms with Crippen LogP contribution in [0.4, 0.5) is 11.4 Å². The molecular formula is C21H20N2O4S. The molecule has 28 heavy (non-hydrogen) atoms. The van der Waals surface area contributed by atoms with E-state index in [2.05, 4.69) is 5.32 Å². The fourth-order valence-corrected chi connectivity index (χ4v) is 4.56. The van der Waals surface area contributed by atoms with Gasteiger partial charge in [-0.2, -0.15) is 0 Å². The van der Waals surface area contributed by atoms with Crippen LogP contribution in [0.2, 0.25) is 0 Å². The second-order valence-corrected chi connectivity index (χ2v) is 8.04. The van der Waals surface area contributed by atoms with Crippen LogP contribution in [0.5, 0.6) is 0 Å². The number of fused-ring (bicyclic) bond motifs is 2. The summed E-state index contributed by atoms with van der Waals surface area (Å²) in [5.74, 6) is -1.03. The summed E-state index contributed by atoms with van der Waals surface area (Å²) < 4.78 is 5.36. The Hall–Kier alpha value is -2.80. The normalized spacial score (nSPS) is 18.7. The molecule has 2 aliphatic heterocycles. The molecule has 144 valence electrons. The smallest absolute Gasteiger partial charge is 0.308 e. The zero-order valence-corrected chi connectivity index (χ0v) is 16.2. The van der Waals surface area contributed by atoms with E-state index in [0.717, 1.165) is 28.3 Å². The Kier molecular flexibility index (Phi) is 5.09. The number of esters is 1. The lowest BCUT2D eigenvalue weighted by Gasteiger charge is -2.25. The van der Waals surface area contributed by atoms with Gasteiger partial charge < -0.3 is 15.0 Å². The van der Waals surface area contributed by atoms with E-state index in [-0.39, 0.29) is 18.2 Å². The molecule has 0 unspecified atom stereocenters. The predicted octanol–water partition coefficient (Wildman–Crippen LogP) is 3.01. The number of nitrogens with one attached hydrogen (secondary N) is 1.